The summed E-state index contributed by atoms with van der Waals surface area (Å²) in [6.07, 6.45) is 6.78. The predicted octanol–water partition coefficient (Wildman–Crippen LogP) is 1.58. The molecular formula is C14H21N5O2. The van der Waals surface area contributed by atoms with E-state index in [1.807, 2.05) is 27.0 Å². The molecule has 1 N–H and O–H groups in total. The highest BCUT2D eigenvalue weighted by Gasteiger charge is 2.16. The largest absolute Gasteiger partial charge is 0.383 e. The number of aromatic nitrogens is 4. The van der Waals surface area contributed by atoms with Gasteiger partial charge in [-0.05, 0) is 20.8 Å². The van der Waals surface area contributed by atoms with Crippen LogP contribution in [0.5, 0.6) is 0 Å². The molecule has 0 saturated carbocycles. The van der Waals surface area contributed by atoms with Gasteiger partial charge in [0.05, 0.1) is 25.0 Å². The average Bonchev–Trinajstić information content (AvgIpc) is 2.85. The van der Waals surface area contributed by atoms with Gasteiger partial charge < -0.3 is 14.6 Å². The van der Waals surface area contributed by atoms with E-state index in [-0.39, 0.29) is 11.1 Å². The van der Waals surface area contributed by atoms with Crippen molar-refractivity contribution in [3.8, 4) is 0 Å². The second-order valence-electron chi connectivity index (χ2n) is 5.73. The number of rotatable bonds is 5. The molecule has 2 rings (SSSR count). The maximum atomic E-state index is 12.4. The van der Waals surface area contributed by atoms with Crippen LogP contribution >= 0.6 is 0 Å². The topological polar surface area (TPSA) is 74.0 Å². The van der Waals surface area contributed by atoms with Crippen molar-refractivity contribution in [3.63, 3.8) is 0 Å². The molecule has 0 fully saturated rings. The first-order valence-electron chi connectivity index (χ1n) is 6.78. The van der Waals surface area contributed by atoms with E-state index in [9.17, 15) is 4.79 Å². The second-order valence-corrected chi connectivity index (χ2v) is 5.73. The molecule has 2 aromatic heterocycles. The molecule has 0 aliphatic carbocycles. The van der Waals surface area contributed by atoms with E-state index in [1.165, 1.54) is 0 Å². The van der Waals surface area contributed by atoms with E-state index in [0.29, 0.717) is 19.0 Å². The van der Waals surface area contributed by atoms with Crippen LogP contribution in [0.2, 0.25) is 0 Å². The maximum absolute atomic E-state index is 12.4. The van der Waals surface area contributed by atoms with Crippen molar-refractivity contribution in [1.82, 2.24) is 19.3 Å². The number of nitrogens with zero attached hydrogens (tertiary/aromatic N) is 4. The van der Waals surface area contributed by atoms with Crippen molar-refractivity contribution in [3.05, 3.63) is 35.1 Å². The van der Waals surface area contributed by atoms with Crippen LogP contribution in [0.4, 0.5) is 11.5 Å². The molecule has 0 bridgehead atoms. The Hall–Kier alpha value is -2.15. The Morgan fingerprint density at radius 3 is 2.81 bits per heavy atom. The van der Waals surface area contributed by atoms with Crippen molar-refractivity contribution >= 4 is 11.5 Å². The van der Waals surface area contributed by atoms with E-state index >= 15 is 0 Å². The van der Waals surface area contributed by atoms with E-state index in [1.54, 1.807) is 34.9 Å². The first-order chi connectivity index (χ1) is 9.91. The number of ether oxygens (including phenoxy) is 1. The predicted molar refractivity (Wildman–Crippen MR) is 80.9 cm³/mol. The van der Waals surface area contributed by atoms with Gasteiger partial charge in [0.2, 0.25) is 0 Å². The average molecular weight is 291 g/mol. The minimum Gasteiger partial charge on any atom is -0.383 e. The molecule has 7 heteroatoms. The van der Waals surface area contributed by atoms with Crippen LogP contribution < -0.4 is 10.9 Å². The summed E-state index contributed by atoms with van der Waals surface area (Å²) < 4.78 is 8.40. The Bertz CT molecular complexity index is 654. The molecule has 7 nitrogen and oxygen atoms in total. The van der Waals surface area contributed by atoms with Crippen LogP contribution in [0.15, 0.2) is 29.6 Å². The highest BCUT2D eigenvalue weighted by atomic mass is 16.5. The van der Waals surface area contributed by atoms with Gasteiger partial charge in [-0.1, -0.05) is 0 Å². The van der Waals surface area contributed by atoms with Gasteiger partial charge in [0, 0.05) is 31.2 Å². The third kappa shape index (κ3) is 3.69. The normalized spacial score (nSPS) is 11.6. The van der Waals surface area contributed by atoms with Crippen LogP contribution in [0.3, 0.4) is 0 Å². The Labute approximate surface area is 123 Å². The van der Waals surface area contributed by atoms with Crippen LogP contribution in [0.25, 0.3) is 0 Å². The van der Waals surface area contributed by atoms with Crippen molar-refractivity contribution in [1.29, 1.82) is 0 Å². The molecule has 2 heterocycles. The molecule has 0 aliphatic rings. The molecule has 21 heavy (non-hydrogen) atoms. The number of nitrogens with one attached hydrogen (secondary N) is 1. The highest BCUT2D eigenvalue weighted by Crippen LogP contribution is 2.13. The monoisotopic (exact) mass is 291 g/mol. The Kier molecular flexibility index (Phi) is 4.42. The van der Waals surface area contributed by atoms with E-state index in [2.05, 4.69) is 15.4 Å². The zero-order valence-electron chi connectivity index (χ0n) is 12.8. The second kappa shape index (κ2) is 6.09. The quantitative estimate of drug-likeness (QED) is 0.905. The van der Waals surface area contributed by atoms with Gasteiger partial charge >= 0.3 is 0 Å². The van der Waals surface area contributed by atoms with Gasteiger partial charge in [-0.25, -0.2) is 4.98 Å². The van der Waals surface area contributed by atoms with Crippen LogP contribution in [0, 0.1) is 0 Å². The molecule has 0 amide bonds. The minimum atomic E-state index is -0.293. The van der Waals surface area contributed by atoms with E-state index in [0.717, 1.165) is 5.69 Å². The first kappa shape index (κ1) is 15.2. The van der Waals surface area contributed by atoms with Crippen LogP contribution in [0.1, 0.15) is 20.8 Å². The molecule has 0 spiro atoms. The Morgan fingerprint density at radius 2 is 2.14 bits per heavy atom. The van der Waals surface area contributed by atoms with Crippen molar-refractivity contribution < 1.29 is 4.74 Å². The fraction of sp³-hybridized carbons (Fsp3) is 0.500. The van der Waals surface area contributed by atoms with Gasteiger partial charge in [0.1, 0.15) is 0 Å². The van der Waals surface area contributed by atoms with E-state index < -0.39 is 0 Å². The van der Waals surface area contributed by atoms with E-state index in [4.69, 9.17) is 4.74 Å². The molecular weight excluding hydrogens is 270 g/mol. The van der Waals surface area contributed by atoms with Gasteiger partial charge in [0.15, 0.2) is 5.82 Å². The molecule has 0 aromatic carbocycles. The third-order valence-electron chi connectivity index (χ3n) is 2.98. The lowest BCUT2D eigenvalue weighted by molar-refractivity contribution is 0.183. The summed E-state index contributed by atoms with van der Waals surface area (Å²) in [4.78, 5) is 16.5. The zero-order chi connectivity index (χ0) is 15.5. The number of hydrogen-bond donors (Lipinski definition) is 1. The number of methoxy groups -OCH3 is 1. The molecule has 0 unspecified atom stereocenters. The highest BCUT2D eigenvalue weighted by molar-refractivity contribution is 5.52. The van der Waals surface area contributed by atoms with Crippen LogP contribution in [-0.2, 0) is 16.8 Å². The number of hydrogen-bond acceptors (Lipinski definition) is 5. The summed E-state index contributed by atoms with van der Waals surface area (Å²) in [6.45, 7) is 7.16. The lowest BCUT2D eigenvalue weighted by Crippen LogP contribution is -2.34. The molecule has 2 aromatic rings. The van der Waals surface area contributed by atoms with Gasteiger partial charge in [-0.15, -0.1) is 0 Å². The summed E-state index contributed by atoms with van der Waals surface area (Å²) in [7, 11) is 1.64. The fourth-order valence-electron chi connectivity index (χ4n) is 1.90. The van der Waals surface area contributed by atoms with Crippen molar-refractivity contribution in [2.24, 2.45) is 0 Å². The van der Waals surface area contributed by atoms with Crippen molar-refractivity contribution in [2.75, 3.05) is 19.0 Å². The lowest BCUT2D eigenvalue weighted by atomic mass is 10.1. The summed E-state index contributed by atoms with van der Waals surface area (Å²) in [5.74, 6) is 0.290. The third-order valence-corrected chi connectivity index (χ3v) is 2.98. The molecule has 114 valence electrons. The van der Waals surface area contributed by atoms with Gasteiger partial charge in [0.25, 0.3) is 5.56 Å². The lowest BCUT2D eigenvalue weighted by Gasteiger charge is -2.22. The molecule has 0 radical (unpaired) electrons. The fourth-order valence-corrected chi connectivity index (χ4v) is 1.90. The van der Waals surface area contributed by atoms with Gasteiger partial charge in [-0.3, -0.25) is 9.48 Å². The van der Waals surface area contributed by atoms with Crippen LogP contribution in [-0.4, -0.2) is 33.0 Å². The van der Waals surface area contributed by atoms with Crippen molar-refractivity contribution in [2.45, 2.75) is 32.9 Å². The number of anilines is 2. The molecule has 0 atom stereocenters. The summed E-state index contributed by atoms with van der Waals surface area (Å²) in [6, 6.07) is 0. The maximum Gasteiger partial charge on any atom is 0.294 e. The standard InChI is InChI=1S/C14H21N5O2/c1-14(2,3)19-6-5-15-12(13(19)20)17-11-9-16-18(10-11)7-8-21-4/h5-6,9-10H,7-8H2,1-4H3,(H,15,17). The summed E-state index contributed by atoms with van der Waals surface area (Å²) >= 11 is 0. The summed E-state index contributed by atoms with van der Waals surface area (Å²) in [5.41, 5.74) is 0.274. The van der Waals surface area contributed by atoms with Gasteiger partial charge in [-0.2, -0.15) is 5.10 Å². The minimum absolute atomic E-state index is 0.158. The molecule has 0 saturated heterocycles. The first-order valence-corrected chi connectivity index (χ1v) is 6.78. The zero-order valence-corrected chi connectivity index (χ0v) is 12.8. The SMILES string of the molecule is COCCn1cc(Nc2nccn(C(C)(C)C)c2=O)cn1. The Morgan fingerprint density at radius 1 is 1.38 bits per heavy atom. The Balaban J connectivity index is 2.20. The molecule has 0 aliphatic heterocycles. The smallest absolute Gasteiger partial charge is 0.294 e. The summed E-state index contributed by atoms with van der Waals surface area (Å²) in [5, 5.41) is 7.20.